The minimum atomic E-state index is -0.0966. The van der Waals surface area contributed by atoms with Crippen molar-refractivity contribution in [2.24, 2.45) is 0 Å². The number of thiocarbonyl (C=S) groups is 1. The molecule has 4 rings (SSSR count). The van der Waals surface area contributed by atoms with Gasteiger partial charge in [-0.25, -0.2) is 0 Å². The van der Waals surface area contributed by atoms with Crippen LogP contribution >= 0.6 is 12.2 Å². The van der Waals surface area contributed by atoms with Crippen molar-refractivity contribution in [3.8, 4) is 11.5 Å². The van der Waals surface area contributed by atoms with Gasteiger partial charge >= 0.3 is 0 Å². The highest BCUT2D eigenvalue weighted by atomic mass is 32.1. The molecule has 0 atom stereocenters. The maximum atomic E-state index is 13.0. The summed E-state index contributed by atoms with van der Waals surface area (Å²) in [6, 6.07) is 6.01. The summed E-state index contributed by atoms with van der Waals surface area (Å²) in [7, 11) is 3.21. The molecule has 1 aromatic carbocycles. The molecule has 0 unspecified atom stereocenters. The van der Waals surface area contributed by atoms with Crippen LogP contribution in [0.1, 0.15) is 44.1 Å². The normalized spacial score (nSPS) is 17.3. The van der Waals surface area contributed by atoms with Crippen molar-refractivity contribution in [3.05, 3.63) is 34.1 Å². The van der Waals surface area contributed by atoms with E-state index in [1.165, 1.54) is 19.3 Å². The van der Waals surface area contributed by atoms with Crippen molar-refractivity contribution in [1.29, 1.82) is 0 Å². The van der Waals surface area contributed by atoms with E-state index in [0.717, 1.165) is 74.7 Å². The topological polar surface area (TPSA) is 79.1 Å². The number of benzene rings is 1. The van der Waals surface area contributed by atoms with Gasteiger partial charge in [0.15, 0.2) is 16.6 Å². The third kappa shape index (κ3) is 6.65. The molecule has 1 aliphatic heterocycles. The Morgan fingerprint density at radius 3 is 2.57 bits per heavy atom. The largest absolute Gasteiger partial charge is 0.493 e. The number of morpholine rings is 1. The van der Waals surface area contributed by atoms with Crippen LogP contribution in [0.15, 0.2) is 23.0 Å². The molecule has 1 aromatic heterocycles. The molecule has 35 heavy (non-hydrogen) atoms. The molecule has 1 saturated heterocycles. The predicted octanol–water partition coefficient (Wildman–Crippen LogP) is 3.28. The van der Waals surface area contributed by atoms with Crippen LogP contribution in [0.4, 0.5) is 0 Å². The van der Waals surface area contributed by atoms with Crippen LogP contribution in [0.5, 0.6) is 11.5 Å². The van der Waals surface area contributed by atoms with E-state index in [-0.39, 0.29) is 5.56 Å². The Morgan fingerprint density at radius 1 is 1.14 bits per heavy atom. The molecule has 1 saturated carbocycles. The van der Waals surface area contributed by atoms with Crippen molar-refractivity contribution in [3.63, 3.8) is 0 Å². The summed E-state index contributed by atoms with van der Waals surface area (Å²) in [6.45, 7) is 5.99. The zero-order valence-corrected chi connectivity index (χ0v) is 21.8. The summed E-state index contributed by atoms with van der Waals surface area (Å²) in [6.07, 6.45) is 6.90. The summed E-state index contributed by atoms with van der Waals surface area (Å²) in [5, 5.41) is 5.13. The van der Waals surface area contributed by atoms with Gasteiger partial charge in [-0.05, 0) is 50.2 Å². The monoisotopic (exact) mass is 502 g/mol. The van der Waals surface area contributed by atoms with Gasteiger partial charge in [-0.3, -0.25) is 9.69 Å². The van der Waals surface area contributed by atoms with E-state index < -0.39 is 0 Å². The van der Waals surface area contributed by atoms with Gasteiger partial charge in [-0.1, -0.05) is 19.3 Å². The minimum Gasteiger partial charge on any atom is -0.493 e. The fraction of sp³-hybridized carbons (Fsp3) is 0.615. The number of fused-ring (bicyclic) bond motifs is 1. The van der Waals surface area contributed by atoms with Gasteiger partial charge in [0.1, 0.15) is 0 Å². The number of nitrogens with one attached hydrogen (secondary N) is 2. The number of aromatic nitrogens is 1. The standard InChI is InChI=1S/C26H38N4O4S/c1-32-23-16-19-15-20(25(31)28-22(19)17-24(23)33-2)18-30(21-7-4-3-5-8-21)26(35)27-9-6-10-29-11-13-34-14-12-29/h15-17,21H,3-14,18H2,1-2H3,(H,27,35)(H,28,31). The second kappa shape index (κ2) is 12.6. The van der Waals surface area contributed by atoms with E-state index in [1.54, 1.807) is 20.3 Å². The molecule has 8 nitrogen and oxygen atoms in total. The summed E-state index contributed by atoms with van der Waals surface area (Å²) in [4.78, 5) is 20.7. The first-order chi connectivity index (χ1) is 17.1. The lowest BCUT2D eigenvalue weighted by molar-refractivity contribution is 0.0375. The maximum absolute atomic E-state index is 13.0. The summed E-state index contributed by atoms with van der Waals surface area (Å²) < 4.78 is 16.3. The highest BCUT2D eigenvalue weighted by molar-refractivity contribution is 7.80. The van der Waals surface area contributed by atoms with Gasteiger partial charge in [0, 0.05) is 42.7 Å². The van der Waals surface area contributed by atoms with Crippen LogP contribution in [-0.2, 0) is 11.3 Å². The zero-order valence-electron chi connectivity index (χ0n) is 20.9. The first kappa shape index (κ1) is 25.7. The second-order valence-electron chi connectivity index (χ2n) is 9.38. The Kier molecular flexibility index (Phi) is 9.23. The smallest absolute Gasteiger partial charge is 0.253 e. The second-order valence-corrected chi connectivity index (χ2v) is 9.76. The predicted molar refractivity (Wildman–Crippen MR) is 143 cm³/mol. The third-order valence-corrected chi connectivity index (χ3v) is 7.45. The highest BCUT2D eigenvalue weighted by Crippen LogP contribution is 2.31. The lowest BCUT2D eigenvalue weighted by atomic mass is 9.94. The number of nitrogens with zero attached hydrogens (tertiary/aromatic N) is 2. The van der Waals surface area contributed by atoms with Crippen LogP contribution in [0.2, 0.25) is 0 Å². The molecule has 0 spiro atoms. The summed E-state index contributed by atoms with van der Waals surface area (Å²) >= 11 is 5.87. The number of rotatable bonds is 9. The fourth-order valence-electron chi connectivity index (χ4n) is 5.06. The molecular weight excluding hydrogens is 464 g/mol. The molecule has 2 heterocycles. The number of pyridine rings is 1. The maximum Gasteiger partial charge on any atom is 0.253 e. The van der Waals surface area contributed by atoms with Crippen molar-refractivity contribution < 1.29 is 14.2 Å². The number of ether oxygens (including phenoxy) is 3. The highest BCUT2D eigenvalue weighted by Gasteiger charge is 2.24. The Labute approximate surface area is 212 Å². The lowest BCUT2D eigenvalue weighted by Crippen LogP contribution is -2.47. The molecule has 1 aliphatic carbocycles. The molecule has 2 aromatic rings. The Bertz CT molecular complexity index is 1050. The Balaban J connectivity index is 1.47. The molecule has 2 aliphatic rings. The summed E-state index contributed by atoms with van der Waals surface area (Å²) in [5.41, 5.74) is 1.33. The SMILES string of the molecule is COc1cc2cc(CN(C(=S)NCCCN3CCOCC3)C3CCCCC3)c(=O)[nH]c2cc1OC. The molecule has 2 fully saturated rings. The fourth-order valence-corrected chi connectivity index (χ4v) is 5.38. The van der Waals surface area contributed by atoms with Crippen molar-refractivity contribution in [2.75, 3.05) is 53.6 Å². The van der Waals surface area contributed by atoms with E-state index in [9.17, 15) is 4.79 Å². The molecule has 0 bridgehead atoms. The average molecular weight is 503 g/mol. The molecule has 9 heteroatoms. The first-order valence-corrected chi connectivity index (χ1v) is 13.1. The molecule has 0 radical (unpaired) electrons. The molecule has 0 amide bonds. The average Bonchev–Trinajstić information content (AvgIpc) is 2.90. The number of methoxy groups -OCH3 is 2. The minimum absolute atomic E-state index is 0.0966. The van der Waals surface area contributed by atoms with E-state index in [1.807, 2.05) is 12.1 Å². The van der Waals surface area contributed by atoms with Crippen LogP contribution in [-0.4, -0.2) is 79.6 Å². The Hall–Kier alpha value is -2.36. The number of hydrogen-bond donors (Lipinski definition) is 2. The number of hydrogen-bond acceptors (Lipinski definition) is 6. The first-order valence-electron chi connectivity index (χ1n) is 12.7. The van der Waals surface area contributed by atoms with Crippen LogP contribution in [0.3, 0.4) is 0 Å². The summed E-state index contributed by atoms with van der Waals surface area (Å²) in [5.74, 6) is 1.23. The van der Waals surface area contributed by atoms with Crippen molar-refractivity contribution in [1.82, 2.24) is 20.1 Å². The molecule has 192 valence electrons. The van der Waals surface area contributed by atoms with Crippen molar-refractivity contribution >= 4 is 28.2 Å². The van der Waals surface area contributed by atoms with E-state index in [0.29, 0.717) is 29.6 Å². The van der Waals surface area contributed by atoms with E-state index in [2.05, 4.69) is 20.1 Å². The van der Waals surface area contributed by atoms with E-state index in [4.69, 9.17) is 26.4 Å². The van der Waals surface area contributed by atoms with Gasteiger partial charge in [-0.2, -0.15) is 0 Å². The van der Waals surface area contributed by atoms with Gasteiger partial charge in [0.2, 0.25) is 0 Å². The zero-order chi connectivity index (χ0) is 24.6. The van der Waals surface area contributed by atoms with Gasteiger partial charge in [-0.15, -0.1) is 0 Å². The van der Waals surface area contributed by atoms with Gasteiger partial charge in [0.05, 0.1) is 39.5 Å². The Morgan fingerprint density at radius 2 is 1.86 bits per heavy atom. The third-order valence-electron chi connectivity index (χ3n) is 7.07. The number of H-pyrrole nitrogens is 1. The van der Waals surface area contributed by atoms with Gasteiger partial charge in [0.25, 0.3) is 5.56 Å². The number of aromatic amines is 1. The van der Waals surface area contributed by atoms with Crippen molar-refractivity contribution in [2.45, 2.75) is 51.1 Å². The van der Waals surface area contributed by atoms with Crippen LogP contribution < -0.4 is 20.3 Å². The van der Waals surface area contributed by atoms with E-state index >= 15 is 0 Å². The van der Waals surface area contributed by atoms with Crippen LogP contribution in [0, 0.1) is 0 Å². The molecular formula is C26H38N4O4S. The van der Waals surface area contributed by atoms with Crippen LogP contribution in [0.25, 0.3) is 10.9 Å². The van der Waals surface area contributed by atoms with Gasteiger partial charge < -0.3 is 29.4 Å². The quantitative estimate of drug-likeness (QED) is 0.400. The molecule has 2 N–H and O–H groups in total. The lowest BCUT2D eigenvalue weighted by Gasteiger charge is -2.36.